The normalized spacial score (nSPS) is 20.6. The number of carbonyl (C=O) groups is 1. The molecule has 2 nitrogen and oxygen atoms in total. The fourth-order valence-corrected chi connectivity index (χ4v) is 3.32. The van der Waals surface area contributed by atoms with Crippen molar-refractivity contribution in [3.05, 3.63) is 0 Å². The Labute approximate surface area is 120 Å². The van der Waals surface area contributed by atoms with Gasteiger partial charge in [-0.05, 0) is 37.0 Å². The Balaban J connectivity index is 0.000000741. The Morgan fingerprint density at radius 3 is 1.89 bits per heavy atom. The highest BCUT2D eigenvalue weighted by Crippen LogP contribution is 2.53. The molecule has 0 radical (unpaired) electrons. The van der Waals surface area contributed by atoms with E-state index in [1.807, 2.05) is 34.6 Å². The third kappa shape index (κ3) is 4.81. The average Bonchev–Trinajstić information content (AvgIpc) is 2.48. The minimum atomic E-state index is 0.344. The van der Waals surface area contributed by atoms with Crippen LogP contribution in [-0.2, 0) is 4.79 Å². The van der Waals surface area contributed by atoms with E-state index in [1.165, 1.54) is 32.1 Å². The van der Waals surface area contributed by atoms with Crippen LogP contribution in [0.4, 0.5) is 0 Å². The van der Waals surface area contributed by atoms with Gasteiger partial charge in [0.2, 0.25) is 5.91 Å². The van der Waals surface area contributed by atoms with Crippen LogP contribution in [0.5, 0.6) is 0 Å². The van der Waals surface area contributed by atoms with Crippen LogP contribution in [0.1, 0.15) is 80.1 Å². The van der Waals surface area contributed by atoms with Gasteiger partial charge in [-0.3, -0.25) is 4.79 Å². The van der Waals surface area contributed by atoms with E-state index in [4.69, 9.17) is 0 Å². The predicted octanol–water partition coefficient (Wildman–Crippen LogP) is 4.88. The maximum atomic E-state index is 11.5. The molecule has 1 saturated heterocycles. The Bertz CT molecular complexity index is 234. The Morgan fingerprint density at radius 2 is 1.53 bits per heavy atom. The summed E-state index contributed by atoms with van der Waals surface area (Å²) in [4.78, 5) is 13.6. The minimum absolute atomic E-state index is 0.344. The zero-order valence-corrected chi connectivity index (χ0v) is 14.1. The van der Waals surface area contributed by atoms with Crippen LogP contribution in [0.2, 0.25) is 0 Å². The summed E-state index contributed by atoms with van der Waals surface area (Å²) >= 11 is 0. The number of hydrogen-bond acceptors (Lipinski definition) is 1. The highest BCUT2D eigenvalue weighted by molar-refractivity contribution is 5.75. The van der Waals surface area contributed by atoms with Crippen molar-refractivity contribution in [2.75, 3.05) is 13.1 Å². The monoisotopic (exact) mass is 269 g/mol. The van der Waals surface area contributed by atoms with E-state index in [0.717, 1.165) is 19.0 Å². The van der Waals surface area contributed by atoms with Gasteiger partial charge in [0.15, 0.2) is 0 Å². The summed E-state index contributed by atoms with van der Waals surface area (Å²) in [5, 5.41) is 0. The van der Waals surface area contributed by atoms with E-state index in [-0.39, 0.29) is 0 Å². The fraction of sp³-hybridized carbons (Fsp3) is 0.941. The number of piperidine rings is 1. The largest absolute Gasteiger partial charge is 0.343 e. The molecule has 0 bridgehead atoms. The van der Waals surface area contributed by atoms with Gasteiger partial charge >= 0.3 is 0 Å². The molecule has 0 N–H and O–H groups in total. The molecule has 1 spiro atoms. The molecular weight excluding hydrogens is 234 g/mol. The first-order chi connectivity index (χ1) is 9.19. The molecule has 114 valence electrons. The third-order valence-electron chi connectivity index (χ3n) is 4.50. The lowest BCUT2D eigenvalue weighted by molar-refractivity contribution is -0.135. The van der Waals surface area contributed by atoms with Gasteiger partial charge < -0.3 is 4.90 Å². The van der Waals surface area contributed by atoms with Gasteiger partial charge in [0.05, 0.1) is 0 Å². The standard InChI is InChI=1S/C13H23NO.2C2H6/c1-3-11-9-13(10-11)5-7-14(8-6-13)12(15)4-2;2*1-2/h11H,3-10H2,1-2H3;2*1-2H3. The van der Waals surface area contributed by atoms with Crippen LogP contribution < -0.4 is 0 Å². The van der Waals surface area contributed by atoms with Crippen molar-refractivity contribution in [3.63, 3.8) is 0 Å². The lowest BCUT2D eigenvalue weighted by atomic mass is 9.57. The summed E-state index contributed by atoms with van der Waals surface area (Å²) in [6.45, 7) is 14.3. The summed E-state index contributed by atoms with van der Waals surface area (Å²) in [5.74, 6) is 1.33. The molecule has 0 aromatic carbocycles. The minimum Gasteiger partial charge on any atom is -0.343 e. The third-order valence-corrected chi connectivity index (χ3v) is 4.50. The first kappa shape index (κ1) is 18.5. The molecule has 2 fully saturated rings. The van der Waals surface area contributed by atoms with E-state index in [2.05, 4.69) is 11.8 Å². The lowest BCUT2D eigenvalue weighted by Gasteiger charge is -2.52. The van der Waals surface area contributed by atoms with Gasteiger partial charge in [0, 0.05) is 19.5 Å². The number of hydrogen-bond donors (Lipinski definition) is 0. The van der Waals surface area contributed by atoms with Crippen molar-refractivity contribution < 1.29 is 4.79 Å². The Kier molecular flexibility index (Phi) is 9.12. The molecular formula is C17H35NO. The molecule has 1 amide bonds. The summed E-state index contributed by atoms with van der Waals surface area (Å²) < 4.78 is 0. The highest BCUT2D eigenvalue weighted by Gasteiger charge is 2.45. The molecule has 1 aliphatic carbocycles. The molecule has 2 heteroatoms. The molecule has 0 aromatic heterocycles. The number of rotatable bonds is 2. The fourth-order valence-electron chi connectivity index (χ4n) is 3.32. The van der Waals surface area contributed by atoms with Gasteiger partial charge in [0.1, 0.15) is 0 Å². The summed E-state index contributed by atoms with van der Waals surface area (Å²) in [6, 6.07) is 0. The number of nitrogens with zero attached hydrogens (tertiary/aromatic N) is 1. The van der Waals surface area contributed by atoms with Crippen LogP contribution in [0.15, 0.2) is 0 Å². The maximum absolute atomic E-state index is 11.5. The molecule has 0 unspecified atom stereocenters. The lowest BCUT2D eigenvalue weighted by Crippen LogP contribution is -2.48. The molecule has 2 aliphatic rings. The highest BCUT2D eigenvalue weighted by atomic mass is 16.2. The van der Waals surface area contributed by atoms with Crippen LogP contribution in [0.3, 0.4) is 0 Å². The van der Waals surface area contributed by atoms with E-state index in [0.29, 0.717) is 17.7 Å². The van der Waals surface area contributed by atoms with Crippen molar-refractivity contribution in [1.29, 1.82) is 0 Å². The smallest absolute Gasteiger partial charge is 0.222 e. The van der Waals surface area contributed by atoms with Gasteiger partial charge in [-0.1, -0.05) is 48.0 Å². The van der Waals surface area contributed by atoms with Crippen LogP contribution >= 0.6 is 0 Å². The summed E-state index contributed by atoms with van der Waals surface area (Å²) in [6.07, 6.45) is 7.39. The molecule has 1 heterocycles. The van der Waals surface area contributed by atoms with Crippen molar-refractivity contribution in [3.8, 4) is 0 Å². The topological polar surface area (TPSA) is 20.3 Å². The molecule has 19 heavy (non-hydrogen) atoms. The van der Waals surface area contributed by atoms with E-state index in [9.17, 15) is 4.79 Å². The van der Waals surface area contributed by atoms with Crippen molar-refractivity contribution in [2.24, 2.45) is 11.3 Å². The van der Waals surface area contributed by atoms with E-state index in [1.54, 1.807) is 0 Å². The second-order valence-electron chi connectivity index (χ2n) is 5.42. The van der Waals surface area contributed by atoms with Crippen molar-refractivity contribution in [2.45, 2.75) is 80.1 Å². The summed E-state index contributed by atoms with van der Waals surface area (Å²) in [5.41, 5.74) is 0.644. The van der Waals surface area contributed by atoms with Crippen LogP contribution in [-0.4, -0.2) is 23.9 Å². The van der Waals surface area contributed by atoms with Crippen LogP contribution in [0, 0.1) is 11.3 Å². The van der Waals surface area contributed by atoms with E-state index < -0.39 is 0 Å². The van der Waals surface area contributed by atoms with Gasteiger partial charge in [-0.25, -0.2) is 0 Å². The van der Waals surface area contributed by atoms with Crippen LogP contribution in [0.25, 0.3) is 0 Å². The van der Waals surface area contributed by atoms with Gasteiger partial charge in [0.25, 0.3) is 0 Å². The number of likely N-dealkylation sites (tertiary alicyclic amines) is 1. The molecule has 0 atom stereocenters. The molecule has 1 saturated carbocycles. The SMILES string of the molecule is CC.CC.CCC(=O)N1CCC2(CC1)CC(CC)C2. The molecule has 0 aromatic rings. The zero-order chi connectivity index (χ0) is 14.9. The van der Waals surface area contributed by atoms with Gasteiger partial charge in [-0.2, -0.15) is 0 Å². The molecule has 1 aliphatic heterocycles. The quantitative estimate of drug-likeness (QED) is 0.700. The average molecular weight is 269 g/mol. The zero-order valence-electron chi connectivity index (χ0n) is 14.1. The second-order valence-corrected chi connectivity index (χ2v) is 5.42. The predicted molar refractivity (Wildman–Crippen MR) is 84.2 cm³/mol. The summed E-state index contributed by atoms with van der Waals surface area (Å²) in [7, 11) is 0. The molecule has 2 rings (SSSR count). The Hall–Kier alpha value is -0.530. The number of carbonyl (C=O) groups excluding carboxylic acids is 1. The first-order valence-electron chi connectivity index (χ1n) is 8.47. The first-order valence-corrected chi connectivity index (χ1v) is 8.47. The van der Waals surface area contributed by atoms with E-state index >= 15 is 0 Å². The Morgan fingerprint density at radius 1 is 1.05 bits per heavy atom. The number of amides is 1. The van der Waals surface area contributed by atoms with Crippen molar-refractivity contribution in [1.82, 2.24) is 4.90 Å². The van der Waals surface area contributed by atoms with Gasteiger partial charge in [-0.15, -0.1) is 0 Å². The van der Waals surface area contributed by atoms with Crippen molar-refractivity contribution >= 4 is 5.91 Å². The maximum Gasteiger partial charge on any atom is 0.222 e. The second kappa shape index (κ2) is 9.39.